The molecule has 5 nitrogen and oxygen atoms in total. The Bertz CT molecular complexity index is 615. The van der Waals surface area contributed by atoms with Crippen LogP contribution in [0.1, 0.15) is 29.4 Å². The minimum atomic E-state index is -0.288. The van der Waals surface area contributed by atoms with Gasteiger partial charge in [0.2, 0.25) is 0 Å². The third-order valence-corrected chi connectivity index (χ3v) is 3.63. The molecule has 2 aromatic rings. The van der Waals surface area contributed by atoms with Gasteiger partial charge >= 0.3 is 0 Å². The number of amides is 1. The summed E-state index contributed by atoms with van der Waals surface area (Å²) in [6.07, 6.45) is 4.65. The van der Waals surface area contributed by atoms with Crippen LogP contribution in [0, 0.1) is 0 Å². The molecule has 1 aromatic carbocycles. The highest BCUT2D eigenvalue weighted by atomic mass is 79.9. The molecule has 110 valence electrons. The van der Waals surface area contributed by atoms with E-state index in [4.69, 9.17) is 5.73 Å². The lowest BCUT2D eigenvalue weighted by molar-refractivity contribution is 0.0934. The molecule has 1 heterocycles. The van der Waals surface area contributed by atoms with Crippen molar-refractivity contribution in [3.63, 3.8) is 0 Å². The number of halogens is 1. The van der Waals surface area contributed by atoms with Gasteiger partial charge in [0.15, 0.2) is 11.5 Å². The van der Waals surface area contributed by atoms with Crippen LogP contribution in [0.4, 0.5) is 5.82 Å². The zero-order valence-corrected chi connectivity index (χ0v) is 13.3. The van der Waals surface area contributed by atoms with Crippen LogP contribution >= 0.6 is 15.9 Å². The summed E-state index contributed by atoms with van der Waals surface area (Å²) in [5.41, 5.74) is 7.05. The second-order valence-corrected chi connectivity index (χ2v) is 5.75. The fraction of sp³-hybridized carbons (Fsp3) is 0.267. The number of aromatic nitrogens is 2. The van der Waals surface area contributed by atoms with Gasteiger partial charge in [-0.2, -0.15) is 0 Å². The standard InChI is InChI=1S/C15H17BrN4O/c1-10(2-3-11-4-6-12(16)7-5-11)20-15(21)13-14(17)19-9-8-18-13/h4-10H,2-3H2,1H3,(H2,17,19)(H,20,21). The van der Waals surface area contributed by atoms with Gasteiger partial charge in [-0.15, -0.1) is 0 Å². The highest BCUT2D eigenvalue weighted by Gasteiger charge is 2.14. The van der Waals surface area contributed by atoms with Crippen LogP contribution < -0.4 is 11.1 Å². The predicted octanol–water partition coefficient (Wildman–Crippen LogP) is 2.57. The van der Waals surface area contributed by atoms with Gasteiger partial charge in [-0.1, -0.05) is 28.1 Å². The number of hydrogen-bond acceptors (Lipinski definition) is 4. The van der Waals surface area contributed by atoms with Crippen molar-refractivity contribution in [1.82, 2.24) is 15.3 Å². The first-order chi connectivity index (χ1) is 10.1. The van der Waals surface area contributed by atoms with E-state index in [1.165, 1.54) is 18.0 Å². The zero-order valence-electron chi connectivity index (χ0n) is 11.7. The number of hydrogen-bond donors (Lipinski definition) is 2. The summed E-state index contributed by atoms with van der Waals surface area (Å²) >= 11 is 3.41. The third kappa shape index (κ3) is 4.53. The molecule has 0 aliphatic heterocycles. The molecule has 0 saturated carbocycles. The normalized spacial score (nSPS) is 11.9. The van der Waals surface area contributed by atoms with E-state index in [0.29, 0.717) is 0 Å². The summed E-state index contributed by atoms with van der Waals surface area (Å²) in [6.45, 7) is 1.96. The SMILES string of the molecule is CC(CCc1ccc(Br)cc1)NC(=O)c1nccnc1N. The molecule has 1 atom stereocenters. The maximum atomic E-state index is 12.0. The number of carbonyl (C=O) groups excluding carboxylic acids is 1. The van der Waals surface area contributed by atoms with E-state index in [9.17, 15) is 4.79 Å². The Hall–Kier alpha value is -1.95. The first kappa shape index (κ1) is 15.4. The molecule has 1 unspecified atom stereocenters. The predicted molar refractivity (Wildman–Crippen MR) is 85.8 cm³/mol. The number of rotatable bonds is 5. The van der Waals surface area contributed by atoms with Crippen LogP contribution in [0.5, 0.6) is 0 Å². The summed E-state index contributed by atoms with van der Waals surface area (Å²) in [4.78, 5) is 19.8. The van der Waals surface area contributed by atoms with Crippen LogP contribution in [0.3, 0.4) is 0 Å². The Morgan fingerprint density at radius 1 is 1.29 bits per heavy atom. The Morgan fingerprint density at radius 3 is 2.62 bits per heavy atom. The smallest absolute Gasteiger partial charge is 0.273 e. The Labute approximate surface area is 132 Å². The Balaban J connectivity index is 1.87. The number of anilines is 1. The Morgan fingerprint density at radius 2 is 1.95 bits per heavy atom. The first-order valence-electron chi connectivity index (χ1n) is 6.68. The largest absolute Gasteiger partial charge is 0.382 e. The van der Waals surface area contributed by atoms with Gasteiger partial charge in [0, 0.05) is 22.9 Å². The summed E-state index contributed by atoms with van der Waals surface area (Å²) < 4.78 is 1.06. The molecule has 0 radical (unpaired) electrons. The lowest BCUT2D eigenvalue weighted by atomic mass is 10.1. The van der Waals surface area contributed by atoms with Crippen molar-refractivity contribution in [2.24, 2.45) is 0 Å². The van der Waals surface area contributed by atoms with E-state index < -0.39 is 0 Å². The summed E-state index contributed by atoms with van der Waals surface area (Å²) in [7, 11) is 0. The van der Waals surface area contributed by atoms with Crippen molar-refractivity contribution in [3.05, 3.63) is 52.4 Å². The van der Waals surface area contributed by atoms with Gasteiger partial charge in [-0.05, 0) is 37.5 Å². The molecular weight excluding hydrogens is 332 g/mol. The molecule has 1 amide bonds. The van der Waals surface area contributed by atoms with Crippen LogP contribution in [-0.4, -0.2) is 21.9 Å². The monoisotopic (exact) mass is 348 g/mol. The van der Waals surface area contributed by atoms with Crippen LogP contribution in [0.2, 0.25) is 0 Å². The summed E-state index contributed by atoms with van der Waals surface area (Å²) in [6, 6.07) is 8.19. The van der Waals surface area contributed by atoms with Crippen molar-refractivity contribution in [2.45, 2.75) is 25.8 Å². The molecule has 1 aromatic heterocycles. The van der Waals surface area contributed by atoms with Crippen molar-refractivity contribution in [1.29, 1.82) is 0 Å². The second kappa shape index (κ2) is 7.17. The summed E-state index contributed by atoms with van der Waals surface area (Å²) in [5.74, 6) is -0.140. The number of nitrogens with one attached hydrogen (secondary N) is 1. The maximum absolute atomic E-state index is 12.0. The zero-order chi connectivity index (χ0) is 15.2. The molecular formula is C15H17BrN4O. The molecule has 21 heavy (non-hydrogen) atoms. The van der Waals surface area contributed by atoms with Crippen molar-refractivity contribution in [3.8, 4) is 0 Å². The lowest BCUT2D eigenvalue weighted by Crippen LogP contribution is -2.34. The Kier molecular flexibility index (Phi) is 5.27. The van der Waals surface area contributed by atoms with Crippen LogP contribution in [0.15, 0.2) is 41.1 Å². The minimum Gasteiger partial charge on any atom is -0.382 e. The van der Waals surface area contributed by atoms with E-state index in [-0.39, 0.29) is 23.5 Å². The van der Waals surface area contributed by atoms with Gasteiger partial charge in [-0.3, -0.25) is 4.79 Å². The van der Waals surface area contributed by atoms with E-state index >= 15 is 0 Å². The van der Waals surface area contributed by atoms with Gasteiger partial charge in [0.25, 0.3) is 5.91 Å². The van der Waals surface area contributed by atoms with Crippen LogP contribution in [0.25, 0.3) is 0 Å². The number of benzene rings is 1. The van der Waals surface area contributed by atoms with Crippen molar-refractivity contribution >= 4 is 27.7 Å². The first-order valence-corrected chi connectivity index (χ1v) is 7.47. The molecule has 0 fully saturated rings. The van der Waals surface area contributed by atoms with Gasteiger partial charge in [0.1, 0.15) is 0 Å². The fourth-order valence-corrected chi connectivity index (χ4v) is 2.19. The number of carbonyl (C=O) groups is 1. The molecule has 0 aliphatic rings. The molecule has 6 heteroatoms. The van der Waals surface area contributed by atoms with Gasteiger partial charge < -0.3 is 11.1 Å². The molecule has 2 rings (SSSR count). The number of nitrogens with zero attached hydrogens (tertiary/aromatic N) is 2. The van der Waals surface area contributed by atoms with E-state index in [1.54, 1.807) is 0 Å². The quantitative estimate of drug-likeness (QED) is 0.869. The number of nitrogens with two attached hydrogens (primary N) is 1. The number of nitrogen functional groups attached to an aromatic ring is 1. The fourth-order valence-electron chi connectivity index (χ4n) is 1.92. The lowest BCUT2D eigenvalue weighted by Gasteiger charge is -2.14. The van der Waals surface area contributed by atoms with Gasteiger partial charge in [-0.25, -0.2) is 9.97 Å². The third-order valence-electron chi connectivity index (χ3n) is 3.10. The molecule has 0 saturated heterocycles. The highest BCUT2D eigenvalue weighted by Crippen LogP contribution is 2.12. The molecule has 0 bridgehead atoms. The van der Waals surface area contributed by atoms with E-state index in [1.807, 2.05) is 19.1 Å². The summed E-state index contributed by atoms with van der Waals surface area (Å²) in [5, 5.41) is 2.89. The second-order valence-electron chi connectivity index (χ2n) is 4.83. The average Bonchev–Trinajstić information content (AvgIpc) is 2.47. The van der Waals surface area contributed by atoms with E-state index in [2.05, 4.69) is 43.3 Å². The average molecular weight is 349 g/mol. The maximum Gasteiger partial charge on any atom is 0.273 e. The van der Waals surface area contributed by atoms with Crippen molar-refractivity contribution in [2.75, 3.05) is 5.73 Å². The molecule has 3 N–H and O–H groups in total. The molecule has 0 aliphatic carbocycles. The highest BCUT2D eigenvalue weighted by molar-refractivity contribution is 9.10. The van der Waals surface area contributed by atoms with Crippen molar-refractivity contribution < 1.29 is 4.79 Å². The minimum absolute atomic E-state index is 0.0301. The van der Waals surface area contributed by atoms with E-state index in [0.717, 1.165) is 17.3 Å². The van der Waals surface area contributed by atoms with Gasteiger partial charge in [0.05, 0.1) is 0 Å². The number of aryl methyl sites for hydroxylation is 1. The molecule has 0 spiro atoms. The van der Waals surface area contributed by atoms with Crippen LogP contribution in [-0.2, 0) is 6.42 Å². The topological polar surface area (TPSA) is 80.9 Å².